The van der Waals surface area contributed by atoms with E-state index < -0.39 is 4.92 Å². The standard InChI is InChI=1S/C15H24N2O4/c1-10(2)15(5-6-18)16-12-7-13(17(19)20)9-14(8-12)21-11(3)4/h7-11,15-16,18H,5-6H2,1-4H3. The van der Waals surface area contributed by atoms with E-state index in [0.29, 0.717) is 23.8 Å². The second-order valence-corrected chi connectivity index (χ2v) is 5.65. The molecule has 0 aliphatic heterocycles. The Kier molecular flexibility index (Phi) is 6.42. The number of nitro groups is 1. The van der Waals surface area contributed by atoms with Gasteiger partial charge in [-0.05, 0) is 26.2 Å². The minimum Gasteiger partial charge on any atom is -0.491 e. The van der Waals surface area contributed by atoms with Crippen molar-refractivity contribution in [2.75, 3.05) is 11.9 Å². The minimum atomic E-state index is -0.436. The zero-order valence-electron chi connectivity index (χ0n) is 13.0. The van der Waals surface area contributed by atoms with Gasteiger partial charge in [-0.15, -0.1) is 0 Å². The van der Waals surface area contributed by atoms with Gasteiger partial charge in [0.15, 0.2) is 0 Å². The SMILES string of the molecule is CC(C)Oc1cc(NC(CCO)C(C)C)cc([N+](=O)[O-])c1. The zero-order valence-corrected chi connectivity index (χ0v) is 13.0. The predicted octanol–water partition coefficient (Wildman–Crippen LogP) is 3.20. The highest BCUT2D eigenvalue weighted by atomic mass is 16.6. The van der Waals surface area contributed by atoms with Gasteiger partial charge < -0.3 is 15.2 Å². The second kappa shape index (κ2) is 7.83. The Hall–Kier alpha value is -1.82. The highest BCUT2D eigenvalue weighted by Crippen LogP contribution is 2.28. The highest BCUT2D eigenvalue weighted by Gasteiger charge is 2.16. The van der Waals surface area contributed by atoms with Crippen molar-refractivity contribution in [3.05, 3.63) is 28.3 Å². The van der Waals surface area contributed by atoms with Crippen molar-refractivity contribution in [3.63, 3.8) is 0 Å². The lowest BCUT2D eigenvalue weighted by Crippen LogP contribution is -2.26. The number of hydrogen-bond acceptors (Lipinski definition) is 5. The number of nitro benzene ring substituents is 1. The van der Waals surface area contributed by atoms with Crippen molar-refractivity contribution < 1.29 is 14.8 Å². The largest absolute Gasteiger partial charge is 0.491 e. The van der Waals surface area contributed by atoms with Crippen LogP contribution in [-0.4, -0.2) is 28.8 Å². The monoisotopic (exact) mass is 296 g/mol. The summed E-state index contributed by atoms with van der Waals surface area (Å²) in [6.07, 6.45) is 0.527. The predicted molar refractivity (Wildman–Crippen MR) is 82.8 cm³/mol. The molecule has 1 aromatic carbocycles. The lowest BCUT2D eigenvalue weighted by atomic mass is 10.0. The quantitative estimate of drug-likeness (QED) is 0.568. The Morgan fingerprint density at radius 1 is 1.29 bits per heavy atom. The Balaban J connectivity index is 3.03. The van der Waals surface area contributed by atoms with Crippen LogP contribution in [0.4, 0.5) is 11.4 Å². The Morgan fingerprint density at radius 3 is 2.43 bits per heavy atom. The van der Waals surface area contributed by atoms with E-state index in [1.807, 2.05) is 27.7 Å². The van der Waals surface area contributed by atoms with E-state index in [9.17, 15) is 10.1 Å². The number of ether oxygens (including phenoxy) is 1. The lowest BCUT2D eigenvalue weighted by molar-refractivity contribution is -0.384. The molecule has 1 rings (SSSR count). The molecule has 1 aromatic rings. The number of rotatable bonds is 8. The molecule has 0 aliphatic carbocycles. The molecule has 21 heavy (non-hydrogen) atoms. The first-order valence-corrected chi connectivity index (χ1v) is 7.17. The van der Waals surface area contributed by atoms with Crippen LogP contribution in [0.2, 0.25) is 0 Å². The molecule has 0 saturated heterocycles. The van der Waals surface area contributed by atoms with Crippen molar-refractivity contribution in [1.29, 1.82) is 0 Å². The van der Waals surface area contributed by atoms with Crippen molar-refractivity contribution in [3.8, 4) is 5.75 Å². The van der Waals surface area contributed by atoms with Gasteiger partial charge in [0, 0.05) is 30.5 Å². The molecular formula is C15H24N2O4. The van der Waals surface area contributed by atoms with Crippen molar-refractivity contribution >= 4 is 11.4 Å². The van der Waals surface area contributed by atoms with Gasteiger partial charge in [-0.2, -0.15) is 0 Å². The van der Waals surface area contributed by atoms with Crippen LogP contribution in [0, 0.1) is 16.0 Å². The number of aliphatic hydroxyl groups excluding tert-OH is 1. The third-order valence-electron chi connectivity index (χ3n) is 3.07. The number of hydrogen-bond donors (Lipinski definition) is 2. The van der Waals surface area contributed by atoms with Crippen LogP contribution in [0.25, 0.3) is 0 Å². The van der Waals surface area contributed by atoms with Gasteiger partial charge in [0.1, 0.15) is 5.75 Å². The van der Waals surface area contributed by atoms with E-state index in [2.05, 4.69) is 5.32 Å². The van der Waals surface area contributed by atoms with E-state index in [4.69, 9.17) is 9.84 Å². The summed E-state index contributed by atoms with van der Waals surface area (Å²) in [5.74, 6) is 0.763. The molecule has 0 fully saturated rings. The Bertz CT molecular complexity index is 475. The first-order valence-electron chi connectivity index (χ1n) is 7.17. The van der Waals surface area contributed by atoms with Crippen LogP contribution in [0.1, 0.15) is 34.1 Å². The zero-order chi connectivity index (χ0) is 16.0. The topological polar surface area (TPSA) is 84.6 Å². The van der Waals surface area contributed by atoms with E-state index in [-0.39, 0.29) is 24.4 Å². The first-order chi connectivity index (χ1) is 9.83. The van der Waals surface area contributed by atoms with Gasteiger partial charge in [0.05, 0.1) is 17.1 Å². The van der Waals surface area contributed by atoms with E-state index in [1.54, 1.807) is 6.07 Å². The normalized spacial score (nSPS) is 12.5. The lowest BCUT2D eigenvalue weighted by Gasteiger charge is -2.23. The number of nitrogens with zero attached hydrogens (tertiary/aromatic N) is 1. The van der Waals surface area contributed by atoms with Crippen LogP contribution in [0.3, 0.4) is 0 Å². The van der Waals surface area contributed by atoms with E-state index >= 15 is 0 Å². The first kappa shape index (κ1) is 17.2. The molecule has 118 valence electrons. The van der Waals surface area contributed by atoms with Crippen molar-refractivity contribution in [2.45, 2.75) is 46.3 Å². The number of aliphatic hydroxyl groups is 1. The summed E-state index contributed by atoms with van der Waals surface area (Å²) in [6, 6.07) is 4.70. The van der Waals surface area contributed by atoms with Gasteiger partial charge in [0.2, 0.25) is 0 Å². The molecule has 1 unspecified atom stereocenters. The molecule has 0 amide bonds. The maximum atomic E-state index is 11.0. The van der Waals surface area contributed by atoms with Crippen molar-refractivity contribution in [1.82, 2.24) is 0 Å². The molecule has 0 aromatic heterocycles. The van der Waals surface area contributed by atoms with Gasteiger partial charge in [-0.25, -0.2) is 0 Å². The van der Waals surface area contributed by atoms with Crippen LogP contribution < -0.4 is 10.1 Å². The Labute approximate surface area is 125 Å². The molecule has 0 heterocycles. The molecule has 0 saturated carbocycles. The summed E-state index contributed by atoms with van der Waals surface area (Å²) in [5.41, 5.74) is 0.620. The highest BCUT2D eigenvalue weighted by molar-refractivity contribution is 5.57. The van der Waals surface area contributed by atoms with Crippen LogP contribution >= 0.6 is 0 Å². The van der Waals surface area contributed by atoms with Gasteiger partial charge in [-0.1, -0.05) is 13.8 Å². The molecular weight excluding hydrogens is 272 g/mol. The van der Waals surface area contributed by atoms with Gasteiger partial charge >= 0.3 is 0 Å². The fourth-order valence-electron chi connectivity index (χ4n) is 2.04. The molecule has 6 nitrogen and oxygen atoms in total. The fourth-order valence-corrected chi connectivity index (χ4v) is 2.04. The molecule has 0 bridgehead atoms. The summed E-state index contributed by atoms with van der Waals surface area (Å²) in [4.78, 5) is 10.6. The molecule has 0 radical (unpaired) electrons. The van der Waals surface area contributed by atoms with Gasteiger partial charge in [-0.3, -0.25) is 10.1 Å². The smallest absolute Gasteiger partial charge is 0.275 e. The summed E-state index contributed by atoms with van der Waals surface area (Å²) in [5, 5.41) is 23.4. The molecule has 0 aliphatic rings. The third kappa shape index (κ3) is 5.59. The maximum Gasteiger partial charge on any atom is 0.275 e. The molecule has 6 heteroatoms. The average Bonchev–Trinajstić information content (AvgIpc) is 2.36. The van der Waals surface area contributed by atoms with Crippen LogP contribution in [-0.2, 0) is 0 Å². The fraction of sp³-hybridized carbons (Fsp3) is 0.600. The van der Waals surface area contributed by atoms with E-state index in [1.165, 1.54) is 12.1 Å². The molecule has 1 atom stereocenters. The Morgan fingerprint density at radius 2 is 1.95 bits per heavy atom. The number of benzene rings is 1. The van der Waals surface area contributed by atoms with Gasteiger partial charge in [0.25, 0.3) is 5.69 Å². The number of nitrogens with one attached hydrogen (secondary N) is 1. The third-order valence-corrected chi connectivity index (χ3v) is 3.07. The molecule has 0 spiro atoms. The summed E-state index contributed by atoms with van der Waals surface area (Å²) < 4.78 is 5.55. The average molecular weight is 296 g/mol. The molecule has 2 N–H and O–H groups in total. The number of anilines is 1. The van der Waals surface area contributed by atoms with Crippen LogP contribution in [0.15, 0.2) is 18.2 Å². The summed E-state index contributed by atoms with van der Waals surface area (Å²) in [6.45, 7) is 7.88. The minimum absolute atomic E-state index is 0.0119. The summed E-state index contributed by atoms with van der Waals surface area (Å²) in [7, 11) is 0. The summed E-state index contributed by atoms with van der Waals surface area (Å²) >= 11 is 0. The maximum absolute atomic E-state index is 11.0. The van der Waals surface area contributed by atoms with Crippen LogP contribution in [0.5, 0.6) is 5.75 Å². The van der Waals surface area contributed by atoms with E-state index in [0.717, 1.165) is 0 Å². The second-order valence-electron chi connectivity index (χ2n) is 5.65. The number of non-ortho nitro benzene ring substituents is 1. The van der Waals surface area contributed by atoms with Crippen molar-refractivity contribution in [2.24, 2.45) is 5.92 Å².